The van der Waals surface area contributed by atoms with Crippen molar-refractivity contribution >= 4 is 25.2 Å². The summed E-state index contributed by atoms with van der Waals surface area (Å²) in [6.45, 7) is 1.32. The lowest BCUT2D eigenvalue weighted by molar-refractivity contribution is 0.146. The zero-order chi connectivity index (χ0) is 14.9. The summed E-state index contributed by atoms with van der Waals surface area (Å²) >= 11 is 0. The predicted octanol–water partition coefficient (Wildman–Crippen LogP) is 1.01. The van der Waals surface area contributed by atoms with Gasteiger partial charge < -0.3 is 10.3 Å². The summed E-state index contributed by atoms with van der Waals surface area (Å²) in [5, 5.41) is 0. The number of nitrogens with one attached hydrogen (secondary N) is 1. The smallest absolute Gasteiger partial charge is 0.382 e. The number of fused-ring (bicyclic) bond motifs is 1. The van der Waals surface area contributed by atoms with E-state index in [9.17, 15) is 4.57 Å². The van der Waals surface area contributed by atoms with Gasteiger partial charge in [0.25, 0.3) is 0 Å². The summed E-state index contributed by atoms with van der Waals surface area (Å²) in [7, 11) is -0.775. The molecule has 2 aromatic rings. The molecule has 2 heterocycles. The molecule has 21 heavy (non-hydrogen) atoms. The van der Waals surface area contributed by atoms with Crippen molar-refractivity contribution in [2.45, 2.75) is 19.4 Å². The monoisotopic (exact) mass is 311 g/mol. The Morgan fingerprint density at radius 1 is 1.48 bits per heavy atom. The van der Waals surface area contributed by atoms with Crippen molar-refractivity contribution in [2.24, 2.45) is 5.41 Å². The van der Waals surface area contributed by atoms with Gasteiger partial charge in [0.1, 0.15) is 11.8 Å². The van der Waals surface area contributed by atoms with Gasteiger partial charge in [-0.15, -0.1) is 10.0 Å². The van der Waals surface area contributed by atoms with E-state index in [-0.39, 0.29) is 5.41 Å². The molecule has 1 saturated carbocycles. The second-order valence-electron chi connectivity index (χ2n) is 5.12. The molecule has 0 saturated heterocycles. The standard InChI is InChI=1S/C11H16N6O3P/c1-19-21(18)20-16-4-11(2-3-11)5-17-7-15-8-9(12)13-6-14-10(8)17/h6-7,16H,2-5H2,1H3,(H2,12,13,14)/q+1. The Morgan fingerprint density at radius 3 is 3.00 bits per heavy atom. The third-order valence-electron chi connectivity index (χ3n) is 3.63. The molecule has 1 aliphatic carbocycles. The highest BCUT2D eigenvalue weighted by atomic mass is 31.1. The van der Waals surface area contributed by atoms with Crippen molar-refractivity contribution in [1.82, 2.24) is 25.0 Å². The van der Waals surface area contributed by atoms with Crippen LogP contribution in [0, 0.1) is 5.41 Å². The molecule has 1 unspecified atom stereocenters. The fourth-order valence-corrected chi connectivity index (χ4v) is 2.46. The molecule has 9 nitrogen and oxygen atoms in total. The molecule has 0 amide bonds. The van der Waals surface area contributed by atoms with Gasteiger partial charge in [0.2, 0.25) is 0 Å². The highest BCUT2D eigenvalue weighted by Gasteiger charge is 2.44. The molecule has 1 fully saturated rings. The molecule has 3 rings (SSSR count). The van der Waals surface area contributed by atoms with Gasteiger partial charge in [-0.2, -0.15) is 0 Å². The number of imidazole rings is 1. The molecule has 2 aromatic heterocycles. The number of anilines is 1. The van der Waals surface area contributed by atoms with Gasteiger partial charge in [-0.1, -0.05) is 0 Å². The second-order valence-corrected chi connectivity index (χ2v) is 6.12. The minimum atomic E-state index is -2.10. The van der Waals surface area contributed by atoms with Gasteiger partial charge in [-0.05, 0) is 17.5 Å². The van der Waals surface area contributed by atoms with Crippen LogP contribution in [0.15, 0.2) is 12.7 Å². The van der Waals surface area contributed by atoms with Crippen molar-refractivity contribution in [3.8, 4) is 0 Å². The second kappa shape index (κ2) is 5.61. The number of hydroxylamine groups is 1. The van der Waals surface area contributed by atoms with E-state index < -0.39 is 8.25 Å². The van der Waals surface area contributed by atoms with Gasteiger partial charge in [-0.3, -0.25) is 0 Å². The maximum absolute atomic E-state index is 11.0. The molecule has 112 valence electrons. The fraction of sp³-hybridized carbons (Fsp3) is 0.545. The molecule has 0 aromatic carbocycles. The predicted molar refractivity (Wildman–Crippen MR) is 75.1 cm³/mol. The van der Waals surface area contributed by atoms with E-state index in [1.165, 1.54) is 13.4 Å². The van der Waals surface area contributed by atoms with E-state index in [0.717, 1.165) is 25.0 Å². The SMILES string of the molecule is CO[P+](=O)ONCC1(Cn2cnc3c(N)ncnc32)CC1. The Kier molecular flexibility index (Phi) is 3.81. The molecule has 10 heteroatoms. The summed E-state index contributed by atoms with van der Waals surface area (Å²) in [4.78, 5) is 12.4. The highest BCUT2D eigenvalue weighted by molar-refractivity contribution is 7.33. The Hall–Kier alpha value is -1.67. The van der Waals surface area contributed by atoms with Gasteiger partial charge in [0.05, 0.1) is 13.4 Å². The Labute approximate surface area is 121 Å². The average molecular weight is 311 g/mol. The van der Waals surface area contributed by atoms with Crippen LogP contribution in [-0.2, 0) is 20.3 Å². The van der Waals surface area contributed by atoms with Crippen LogP contribution in [0.3, 0.4) is 0 Å². The lowest BCUT2D eigenvalue weighted by Gasteiger charge is -2.14. The lowest BCUT2D eigenvalue weighted by atomic mass is 10.1. The van der Waals surface area contributed by atoms with E-state index in [4.69, 9.17) is 10.4 Å². The quantitative estimate of drug-likeness (QED) is 0.575. The number of hydrogen-bond acceptors (Lipinski definition) is 8. The maximum atomic E-state index is 11.0. The number of hydrogen-bond donors (Lipinski definition) is 2. The molecular weight excluding hydrogens is 295 g/mol. The highest BCUT2D eigenvalue weighted by Crippen LogP contribution is 2.47. The van der Waals surface area contributed by atoms with Crippen LogP contribution in [0.5, 0.6) is 0 Å². The summed E-state index contributed by atoms with van der Waals surface area (Å²) in [5.41, 5.74) is 9.87. The summed E-state index contributed by atoms with van der Waals surface area (Å²) in [5.74, 6) is 0.377. The molecule has 0 spiro atoms. The zero-order valence-electron chi connectivity index (χ0n) is 11.5. The van der Waals surface area contributed by atoms with Crippen molar-refractivity contribution in [1.29, 1.82) is 0 Å². The largest absolute Gasteiger partial charge is 0.716 e. The molecule has 0 radical (unpaired) electrons. The molecular formula is C11H16N6O3P+. The number of rotatable bonds is 7. The Bertz CT molecular complexity index is 671. The van der Waals surface area contributed by atoms with E-state index in [0.29, 0.717) is 17.9 Å². The van der Waals surface area contributed by atoms with Crippen molar-refractivity contribution < 1.29 is 13.7 Å². The van der Waals surface area contributed by atoms with Gasteiger partial charge in [0, 0.05) is 23.1 Å². The minimum Gasteiger partial charge on any atom is -0.382 e. The summed E-state index contributed by atoms with van der Waals surface area (Å²) in [6, 6.07) is 0. The number of aromatic nitrogens is 4. The summed E-state index contributed by atoms with van der Waals surface area (Å²) in [6.07, 6.45) is 5.24. The van der Waals surface area contributed by atoms with Crippen LogP contribution in [-0.4, -0.2) is 33.2 Å². The van der Waals surface area contributed by atoms with Crippen molar-refractivity contribution in [3.63, 3.8) is 0 Å². The third-order valence-corrected chi connectivity index (χ3v) is 4.20. The Morgan fingerprint density at radius 2 is 2.29 bits per heavy atom. The van der Waals surface area contributed by atoms with E-state index in [2.05, 4.69) is 25.0 Å². The first kappa shape index (κ1) is 14.3. The van der Waals surface area contributed by atoms with E-state index in [1.54, 1.807) is 6.33 Å². The first-order chi connectivity index (χ1) is 10.1. The number of nitrogens with two attached hydrogens (primary N) is 1. The topological polar surface area (TPSA) is 117 Å². The fourth-order valence-electron chi connectivity index (χ4n) is 2.22. The van der Waals surface area contributed by atoms with Crippen molar-refractivity contribution in [3.05, 3.63) is 12.7 Å². The normalized spacial score (nSPS) is 17.1. The summed E-state index contributed by atoms with van der Waals surface area (Å²) < 4.78 is 22.4. The molecule has 1 aliphatic rings. The van der Waals surface area contributed by atoms with Crippen LogP contribution in [0.4, 0.5) is 5.82 Å². The molecule has 0 aliphatic heterocycles. The first-order valence-corrected chi connectivity index (χ1v) is 7.56. The number of nitrogen functional groups attached to an aromatic ring is 1. The zero-order valence-corrected chi connectivity index (χ0v) is 12.4. The first-order valence-electron chi connectivity index (χ1n) is 6.46. The van der Waals surface area contributed by atoms with E-state index in [1.807, 2.05) is 4.57 Å². The van der Waals surface area contributed by atoms with Gasteiger partial charge in [0.15, 0.2) is 11.5 Å². The molecule has 1 atom stereocenters. The average Bonchev–Trinajstić information content (AvgIpc) is 3.12. The van der Waals surface area contributed by atoms with E-state index >= 15 is 0 Å². The van der Waals surface area contributed by atoms with Crippen LogP contribution < -0.4 is 11.2 Å². The van der Waals surface area contributed by atoms with Crippen molar-refractivity contribution in [2.75, 3.05) is 19.4 Å². The third kappa shape index (κ3) is 3.01. The van der Waals surface area contributed by atoms with Crippen LogP contribution in [0.1, 0.15) is 12.8 Å². The van der Waals surface area contributed by atoms with Gasteiger partial charge >= 0.3 is 8.25 Å². The minimum absolute atomic E-state index is 0.0528. The van der Waals surface area contributed by atoms with Crippen LogP contribution in [0.2, 0.25) is 0 Å². The van der Waals surface area contributed by atoms with Crippen LogP contribution >= 0.6 is 8.25 Å². The Balaban J connectivity index is 1.67. The van der Waals surface area contributed by atoms with Gasteiger partial charge in [-0.25, -0.2) is 15.0 Å². The van der Waals surface area contributed by atoms with Crippen LogP contribution in [0.25, 0.3) is 11.2 Å². The molecule has 3 N–H and O–H groups in total. The maximum Gasteiger partial charge on any atom is 0.716 e. The molecule has 0 bridgehead atoms. The lowest BCUT2D eigenvalue weighted by Crippen LogP contribution is -2.26. The number of nitrogens with zero attached hydrogens (tertiary/aromatic N) is 4.